The lowest BCUT2D eigenvalue weighted by Crippen LogP contribution is -2.46. The van der Waals surface area contributed by atoms with Crippen LogP contribution in [-0.2, 0) is 38.2 Å². The van der Waals surface area contributed by atoms with Gasteiger partial charge in [0.15, 0.2) is 0 Å². The number of aliphatic imine (C=N–C) groups is 1. The van der Waals surface area contributed by atoms with Crippen molar-refractivity contribution < 1.29 is 23.1 Å². The number of aryl methyl sites for hydroxylation is 1. The van der Waals surface area contributed by atoms with Gasteiger partial charge in [0, 0.05) is 30.1 Å². The van der Waals surface area contributed by atoms with Crippen LogP contribution in [-0.4, -0.2) is 38.5 Å². The maximum Gasteiger partial charge on any atom is 0.416 e. The zero-order valence-electron chi connectivity index (χ0n) is 19.1. The molecule has 1 aliphatic carbocycles. The Labute approximate surface area is 199 Å². The SMILES string of the molecule is C=NC1CC(Cc2nncn2C)(c2cccc(N3Cc4c(cc(CO)cc4C(F)(F)F)C3=O)c2)C1. The van der Waals surface area contributed by atoms with E-state index in [9.17, 15) is 23.1 Å². The third kappa shape index (κ3) is 3.91. The summed E-state index contributed by atoms with van der Waals surface area (Å²) in [7, 11) is 1.88. The van der Waals surface area contributed by atoms with Gasteiger partial charge in [-0.2, -0.15) is 13.2 Å². The molecular weight excluding hydrogens is 459 g/mol. The zero-order valence-corrected chi connectivity index (χ0v) is 19.1. The Bertz CT molecular complexity index is 1310. The van der Waals surface area contributed by atoms with Gasteiger partial charge in [-0.25, -0.2) is 0 Å². The van der Waals surface area contributed by atoms with Crippen LogP contribution in [0.4, 0.5) is 18.9 Å². The molecule has 10 heteroatoms. The Hall–Kier alpha value is -3.53. The van der Waals surface area contributed by atoms with Crippen LogP contribution in [0.3, 0.4) is 0 Å². The number of amides is 1. The van der Waals surface area contributed by atoms with Gasteiger partial charge in [0.2, 0.25) is 0 Å². The first kappa shape index (κ1) is 23.2. The molecule has 1 fully saturated rings. The van der Waals surface area contributed by atoms with E-state index in [-0.39, 0.29) is 34.7 Å². The van der Waals surface area contributed by atoms with Gasteiger partial charge in [0.05, 0.1) is 24.8 Å². The number of alkyl halides is 3. The van der Waals surface area contributed by atoms with E-state index in [1.165, 1.54) is 11.0 Å². The average molecular weight is 483 g/mol. The van der Waals surface area contributed by atoms with Crippen LogP contribution in [0.25, 0.3) is 0 Å². The molecule has 5 rings (SSSR count). The number of anilines is 1. The van der Waals surface area contributed by atoms with E-state index in [4.69, 9.17) is 0 Å². The van der Waals surface area contributed by atoms with Gasteiger partial charge >= 0.3 is 6.18 Å². The van der Waals surface area contributed by atoms with Crippen LogP contribution >= 0.6 is 0 Å². The van der Waals surface area contributed by atoms with Crippen LogP contribution in [0, 0.1) is 0 Å². The molecule has 0 atom stereocenters. The topological polar surface area (TPSA) is 83.6 Å². The summed E-state index contributed by atoms with van der Waals surface area (Å²) in [6, 6.07) is 9.76. The van der Waals surface area contributed by atoms with E-state index in [0.717, 1.165) is 30.3 Å². The van der Waals surface area contributed by atoms with E-state index in [2.05, 4.69) is 21.9 Å². The molecule has 0 spiro atoms. The fraction of sp³-hybridized carbons (Fsp3) is 0.360. The van der Waals surface area contributed by atoms with Crippen LogP contribution in [0.2, 0.25) is 0 Å². The van der Waals surface area contributed by atoms with Gasteiger partial charge < -0.3 is 14.6 Å². The molecule has 1 N–H and O–H groups in total. The summed E-state index contributed by atoms with van der Waals surface area (Å²) < 4.78 is 43.1. The third-order valence-electron chi connectivity index (χ3n) is 7.17. The second-order valence-electron chi connectivity index (χ2n) is 9.33. The maximum atomic E-state index is 13.7. The van der Waals surface area contributed by atoms with Gasteiger partial charge in [-0.3, -0.25) is 9.79 Å². The normalized spacial score (nSPS) is 21.7. The van der Waals surface area contributed by atoms with Crippen molar-refractivity contribution in [3.05, 3.63) is 76.4 Å². The van der Waals surface area contributed by atoms with Crippen molar-refractivity contribution in [2.75, 3.05) is 4.90 Å². The molecule has 2 aliphatic rings. The van der Waals surface area contributed by atoms with Crippen molar-refractivity contribution in [2.24, 2.45) is 12.0 Å². The lowest BCUT2D eigenvalue weighted by atomic mass is 9.60. The molecule has 0 saturated heterocycles. The number of aliphatic hydroxyl groups is 1. The Balaban J connectivity index is 1.51. The van der Waals surface area contributed by atoms with Crippen molar-refractivity contribution in [3.63, 3.8) is 0 Å². The molecular formula is C25H24F3N5O2. The highest BCUT2D eigenvalue weighted by Gasteiger charge is 2.47. The molecule has 1 aliphatic heterocycles. The van der Waals surface area contributed by atoms with Crippen LogP contribution in [0.1, 0.15) is 51.3 Å². The number of fused-ring (bicyclic) bond motifs is 1. The summed E-state index contributed by atoms with van der Waals surface area (Å²) in [4.78, 5) is 18.8. The highest BCUT2D eigenvalue weighted by molar-refractivity contribution is 6.10. The molecule has 0 unspecified atom stereocenters. The van der Waals surface area contributed by atoms with Crippen LogP contribution in [0.15, 0.2) is 47.7 Å². The molecule has 7 nitrogen and oxygen atoms in total. The first-order valence-corrected chi connectivity index (χ1v) is 11.2. The number of aromatic nitrogens is 3. The number of hydrogen-bond acceptors (Lipinski definition) is 5. The first-order chi connectivity index (χ1) is 16.6. The molecule has 0 radical (unpaired) electrons. The molecule has 2 aromatic carbocycles. The highest BCUT2D eigenvalue weighted by Crippen LogP contribution is 2.48. The number of halogens is 3. The fourth-order valence-corrected chi connectivity index (χ4v) is 5.25. The summed E-state index contributed by atoms with van der Waals surface area (Å²) in [5.74, 6) is 0.300. The lowest BCUT2D eigenvalue weighted by Gasteiger charge is -2.46. The van der Waals surface area contributed by atoms with Crippen LogP contribution < -0.4 is 4.90 Å². The van der Waals surface area contributed by atoms with Crippen molar-refractivity contribution >= 4 is 18.3 Å². The zero-order chi connectivity index (χ0) is 25.0. The monoisotopic (exact) mass is 483 g/mol. The number of carbonyl (C=O) groups excluding carboxylic acids is 1. The molecule has 0 bridgehead atoms. The van der Waals surface area contributed by atoms with Gasteiger partial charge in [-0.15, -0.1) is 10.2 Å². The standard InChI is InChI=1S/C25H24F3N5O2/c1-29-17-9-24(10-17,11-22-31-30-14-32(22)2)16-4-3-5-18(8-16)33-12-20-19(23(33)35)6-15(13-34)7-21(20)25(26,27)28/h3-8,14,17,34H,1,9-13H2,2H3. The number of benzene rings is 2. The molecule has 1 saturated carbocycles. The van der Waals surface area contributed by atoms with E-state index >= 15 is 0 Å². The summed E-state index contributed by atoms with van der Waals surface area (Å²) >= 11 is 0. The van der Waals surface area contributed by atoms with Crippen LogP contribution in [0.5, 0.6) is 0 Å². The third-order valence-corrected chi connectivity index (χ3v) is 7.17. The minimum Gasteiger partial charge on any atom is -0.392 e. The number of hydrogen-bond donors (Lipinski definition) is 1. The summed E-state index contributed by atoms with van der Waals surface area (Å²) in [6.07, 6.45) is -0.879. The molecule has 182 valence electrons. The number of nitrogens with zero attached hydrogens (tertiary/aromatic N) is 5. The Morgan fingerprint density at radius 3 is 2.66 bits per heavy atom. The largest absolute Gasteiger partial charge is 0.416 e. The molecule has 3 aromatic rings. The predicted octanol–water partition coefficient (Wildman–Crippen LogP) is 3.83. The van der Waals surface area contributed by atoms with Gasteiger partial charge in [-0.05, 0) is 60.5 Å². The number of carbonyl (C=O) groups is 1. The Morgan fingerprint density at radius 1 is 1.26 bits per heavy atom. The lowest BCUT2D eigenvalue weighted by molar-refractivity contribution is -0.138. The number of aliphatic hydroxyl groups excluding tert-OH is 1. The van der Waals surface area contributed by atoms with Gasteiger partial charge in [0.25, 0.3) is 5.91 Å². The van der Waals surface area contributed by atoms with Crippen molar-refractivity contribution in [1.29, 1.82) is 0 Å². The second kappa shape index (κ2) is 8.30. The van der Waals surface area contributed by atoms with Crippen molar-refractivity contribution in [2.45, 2.75) is 50.0 Å². The smallest absolute Gasteiger partial charge is 0.392 e. The summed E-state index contributed by atoms with van der Waals surface area (Å²) in [5, 5.41) is 17.6. The van der Waals surface area contributed by atoms with E-state index < -0.39 is 24.3 Å². The average Bonchev–Trinajstić information content (AvgIpc) is 3.37. The van der Waals surface area contributed by atoms with E-state index in [1.807, 2.05) is 29.8 Å². The molecule has 2 heterocycles. The van der Waals surface area contributed by atoms with E-state index in [0.29, 0.717) is 12.1 Å². The van der Waals surface area contributed by atoms with Gasteiger partial charge in [-0.1, -0.05) is 12.1 Å². The Kier molecular flexibility index (Phi) is 5.51. The quantitative estimate of drug-likeness (QED) is 0.541. The molecule has 1 amide bonds. The summed E-state index contributed by atoms with van der Waals surface area (Å²) in [5.41, 5.74) is 0.271. The van der Waals surface area contributed by atoms with Gasteiger partial charge in [0.1, 0.15) is 12.2 Å². The Morgan fingerprint density at radius 2 is 2.03 bits per heavy atom. The predicted molar refractivity (Wildman–Crippen MR) is 123 cm³/mol. The molecule has 35 heavy (non-hydrogen) atoms. The minimum atomic E-state index is -4.63. The minimum absolute atomic E-state index is 0.0253. The second-order valence-corrected chi connectivity index (χ2v) is 9.33. The summed E-state index contributed by atoms with van der Waals surface area (Å²) in [6.45, 7) is 2.90. The number of rotatable bonds is 6. The van der Waals surface area contributed by atoms with Crippen molar-refractivity contribution in [1.82, 2.24) is 14.8 Å². The fourth-order valence-electron chi connectivity index (χ4n) is 5.25. The highest BCUT2D eigenvalue weighted by atomic mass is 19.4. The molecule has 1 aromatic heterocycles. The maximum absolute atomic E-state index is 13.7. The first-order valence-electron chi connectivity index (χ1n) is 11.2. The van der Waals surface area contributed by atoms with E-state index in [1.54, 1.807) is 12.4 Å². The van der Waals surface area contributed by atoms with Crippen molar-refractivity contribution in [3.8, 4) is 0 Å².